The van der Waals surface area contributed by atoms with E-state index >= 15 is 4.39 Å². The second kappa shape index (κ2) is 14.0. The van der Waals surface area contributed by atoms with Crippen LogP contribution in [0.15, 0.2) is 66.9 Å². The van der Waals surface area contributed by atoms with Crippen molar-refractivity contribution in [2.45, 2.75) is 26.2 Å². The summed E-state index contributed by atoms with van der Waals surface area (Å²) in [5.41, 5.74) is 2.83. The van der Waals surface area contributed by atoms with Crippen LogP contribution in [0.4, 0.5) is 10.1 Å². The summed E-state index contributed by atoms with van der Waals surface area (Å²) in [5, 5.41) is 8.99. The summed E-state index contributed by atoms with van der Waals surface area (Å²) in [6.07, 6.45) is 4.26. The Hall–Kier alpha value is -4.70. The SMILES string of the molecule is COc1c(OCC2CCNCC2)ccc2c(Oc3ccc(NC(=O)C(=O)NCCc4cccc(C)c4)cc3F)ccnc12. The van der Waals surface area contributed by atoms with Gasteiger partial charge in [0.05, 0.1) is 13.7 Å². The van der Waals surface area contributed by atoms with Gasteiger partial charge in [-0.25, -0.2) is 4.39 Å². The lowest BCUT2D eigenvalue weighted by Gasteiger charge is -2.23. The van der Waals surface area contributed by atoms with Crippen LogP contribution in [0.3, 0.4) is 0 Å². The van der Waals surface area contributed by atoms with Crippen molar-refractivity contribution in [3.05, 3.63) is 83.8 Å². The zero-order valence-electron chi connectivity index (χ0n) is 24.2. The number of nitrogens with one attached hydrogen (secondary N) is 3. The summed E-state index contributed by atoms with van der Waals surface area (Å²) in [6.45, 7) is 4.85. The maximum Gasteiger partial charge on any atom is 0.313 e. The molecule has 3 aromatic carbocycles. The third kappa shape index (κ3) is 7.58. The van der Waals surface area contributed by atoms with E-state index in [2.05, 4.69) is 20.9 Å². The van der Waals surface area contributed by atoms with Gasteiger partial charge in [0.25, 0.3) is 0 Å². The Morgan fingerprint density at radius 3 is 2.58 bits per heavy atom. The van der Waals surface area contributed by atoms with Gasteiger partial charge in [0.1, 0.15) is 11.3 Å². The topological polar surface area (TPSA) is 111 Å². The van der Waals surface area contributed by atoms with Gasteiger partial charge in [-0.2, -0.15) is 0 Å². The molecule has 3 N–H and O–H groups in total. The van der Waals surface area contributed by atoms with Crippen LogP contribution in [0, 0.1) is 18.7 Å². The Morgan fingerprint density at radius 2 is 1.81 bits per heavy atom. The number of hydrogen-bond donors (Lipinski definition) is 3. The van der Waals surface area contributed by atoms with E-state index in [4.69, 9.17) is 14.2 Å². The fourth-order valence-electron chi connectivity index (χ4n) is 5.04. The maximum atomic E-state index is 15.1. The molecular formula is C33H35FN4O5. The second-order valence-corrected chi connectivity index (χ2v) is 10.5. The minimum atomic E-state index is -0.886. The number of halogens is 1. The van der Waals surface area contributed by atoms with Crippen molar-refractivity contribution in [1.82, 2.24) is 15.6 Å². The molecule has 0 aliphatic carbocycles. The standard InChI is InChI=1S/C33H35FN4O5/c1-21-4-3-5-22(18-21)12-16-37-32(39)33(40)38-24-6-8-28(26(34)19-24)43-27-13-17-36-30-25(27)7-9-29(31(30)41-2)42-20-23-10-14-35-15-11-23/h3-9,13,17-19,23,35H,10-12,14-16,20H2,1-2H3,(H,37,39)(H,38,40). The van der Waals surface area contributed by atoms with Crippen LogP contribution in [-0.2, 0) is 16.0 Å². The molecule has 0 unspecified atom stereocenters. The lowest BCUT2D eigenvalue weighted by molar-refractivity contribution is -0.136. The summed E-state index contributed by atoms with van der Waals surface area (Å²) < 4.78 is 32.7. The van der Waals surface area contributed by atoms with Gasteiger partial charge in [-0.15, -0.1) is 0 Å². The molecule has 43 heavy (non-hydrogen) atoms. The predicted molar refractivity (Wildman–Crippen MR) is 162 cm³/mol. The number of carbonyl (C=O) groups is 2. The van der Waals surface area contributed by atoms with E-state index in [1.807, 2.05) is 37.3 Å². The monoisotopic (exact) mass is 586 g/mol. The molecule has 224 valence electrons. The molecule has 2 heterocycles. The number of nitrogens with zero attached hydrogens (tertiary/aromatic N) is 1. The molecule has 0 saturated carbocycles. The number of rotatable bonds is 10. The van der Waals surface area contributed by atoms with Gasteiger partial charge in [-0.3, -0.25) is 14.6 Å². The highest BCUT2D eigenvalue weighted by Crippen LogP contribution is 2.40. The number of aryl methyl sites for hydroxylation is 1. The Bertz CT molecular complexity index is 1610. The molecule has 1 aliphatic rings. The molecule has 1 aromatic heterocycles. The van der Waals surface area contributed by atoms with Crippen LogP contribution in [0.25, 0.3) is 10.9 Å². The number of benzene rings is 3. The predicted octanol–water partition coefficient (Wildman–Crippen LogP) is 5.16. The van der Waals surface area contributed by atoms with Gasteiger partial charge in [-0.05, 0) is 81.1 Å². The second-order valence-electron chi connectivity index (χ2n) is 10.5. The van der Waals surface area contributed by atoms with Crippen molar-refractivity contribution in [3.8, 4) is 23.0 Å². The molecule has 0 radical (unpaired) electrons. The van der Waals surface area contributed by atoms with Crippen molar-refractivity contribution < 1.29 is 28.2 Å². The number of amides is 2. The summed E-state index contributed by atoms with van der Waals surface area (Å²) >= 11 is 0. The van der Waals surface area contributed by atoms with Gasteiger partial charge in [0, 0.05) is 29.9 Å². The average Bonchev–Trinajstić information content (AvgIpc) is 3.01. The Kier molecular flexibility index (Phi) is 9.68. The van der Waals surface area contributed by atoms with Crippen LogP contribution < -0.4 is 30.2 Å². The van der Waals surface area contributed by atoms with Gasteiger partial charge in [0.2, 0.25) is 0 Å². The van der Waals surface area contributed by atoms with Gasteiger partial charge >= 0.3 is 11.8 Å². The first-order valence-corrected chi connectivity index (χ1v) is 14.3. The van der Waals surface area contributed by atoms with Crippen molar-refractivity contribution in [2.75, 3.05) is 38.7 Å². The largest absolute Gasteiger partial charge is 0.491 e. The van der Waals surface area contributed by atoms with E-state index in [-0.39, 0.29) is 11.4 Å². The molecular weight excluding hydrogens is 551 g/mol. The lowest BCUT2D eigenvalue weighted by Crippen LogP contribution is -2.36. The fourth-order valence-corrected chi connectivity index (χ4v) is 5.04. The molecule has 5 rings (SSSR count). The smallest absolute Gasteiger partial charge is 0.313 e. The fraction of sp³-hybridized carbons (Fsp3) is 0.303. The molecule has 4 aromatic rings. The van der Waals surface area contributed by atoms with Crippen LogP contribution in [-0.4, -0.2) is 50.1 Å². The van der Waals surface area contributed by atoms with E-state index in [9.17, 15) is 9.59 Å². The summed E-state index contributed by atoms with van der Waals surface area (Å²) in [6, 6.07) is 17.1. The number of carbonyl (C=O) groups excluding carboxylic acids is 2. The summed E-state index contributed by atoms with van der Waals surface area (Å²) in [4.78, 5) is 29.1. The molecule has 0 atom stereocenters. The molecule has 2 amide bonds. The molecule has 1 saturated heterocycles. The summed E-state index contributed by atoms with van der Waals surface area (Å²) in [5.74, 6) is -0.547. The Labute approximate surface area is 249 Å². The number of methoxy groups -OCH3 is 1. The molecule has 0 spiro atoms. The summed E-state index contributed by atoms with van der Waals surface area (Å²) in [7, 11) is 1.55. The molecule has 0 bridgehead atoms. The quantitative estimate of drug-likeness (QED) is 0.220. The number of pyridine rings is 1. The van der Waals surface area contributed by atoms with Crippen molar-refractivity contribution in [1.29, 1.82) is 0 Å². The highest BCUT2D eigenvalue weighted by Gasteiger charge is 2.19. The van der Waals surface area contributed by atoms with E-state index in [1.165, 1.54) is 12.1 Å². The zero-order valence-corrected chi connectivity index (χ0v) is 24.2. The minimum absolute atomic E-state index is 0.0571. The van der Waals surface area contributed by atoms with Crippen LogP contribution in [0.5, 0.6) is 23.0 Å². The number of aromatic nitrogens is 1. The third-order valence-corrected chi connectivity index (χ3v) is 7.33. The third-order valence-electron chi connectivity index (χ3n) is 7.33. The highest BCUT2D eigenvalue weighted by molar-refractivity contribution is 6.39. The Morgan fingerprint density at radius 1 is 1.00 bits per heavy atom. The van der Waals surface area contributed by atoms with Crippen LogP contribution >= 0.6 is 0 Å². The average molecular weight is 587 g/mol. The van der Waals surface area contributed by atoms with E-state index in [1.54, 1.807) is 25.4 Å². The highest BCUT2D eigenvalue weighted by atomic mass is 19.1. The van der Waals surface area contributed by atoms with E-state index in [0.29, 0.717) is 53.6 Å². The first kappa shape index (κ1) is 29.8. The molecule has 10 heteroatoms. The number of piperidine rings is 1. The van der Waals surface area contributed by atoms with E-state index < -0.39 is 17.6 Å². The van der Waals surface area contributed by atoms with Crippen molar-refractivity contribution in [3.63, 3.8) is 0 Å². The van der Waals surface area contributed by atoms with Gasteiger partial charge < -0.3 is 30.2 Å². The molecule has 1 fully saturated rings. The maximum absolute atomic E-state index is 15.1. The van der Waals surface area contributed by atoms with Crippen molar-refractivity contribution >= 4 is 28.4 Å². The number of anilines is 1. The first-order valence-electron chi connectivity index (χ1n) is 14.3. The number of hydrogen-bond acceptors (Lipinski definition) is 7. The van der Waals surface area contributed by atoms with Crippen molar-refractivity contribution in [2.24, 2.45) is 5.92 Å². The van der Waals surface area contributed by atoms with Gasteiger partial charge in [-0.1, -0.05) is 29.8 Å². The van der Waals surface area contributed by atoms with Crippen LogP contribution in [0.1, 0.15) is 24.0 Å². The minimum Gasteiger partial charge on any atom is -0.491 e. The van der Waals surface area contributed by atoms with Gasteiger partial charge in [0.15, 0.2) is 23.1 Å². The molecule has 1 aliphatic heterocycles. The number of ether oxygens (including phenoxy) is 3. The first-order chi connectivity index (χ1) is 20.9. The lowest BCUT2D eigenvalue weighted by atomic mass is 9.99. The normalized spacial score (nSPS) is 13.4. The Balaban J connectivity index is 1.22. The zero-order chi connectivity index (χ0) is 30.2. The van der Waals surface area contributed by atoms with Crippen LogP contribution in [0.2, 0.25) is 0 Å². The molecule has 9 nitrogen and oxygen atoms in total. The number of fused-ring (bicyclic) bond motifs is 1. The van der Waals surface area contributed by atoms with E-state index in [0.717, 1.165) is 43.1 Å².